The number of aliphatic carboxylic acids is 1. The average Bonchev–Trinajstić information content (AvgIpc) is 2.55. The highest BCUT2D eigenvalue weighted by atomic mass is 16.4. The number of rotatable bonds is 6. The fourth-order valence-electron chi connectivity index (χ4n) is 3.20. The first-order valence-corrected chi connectivity index (χ1v) is 8.24. The van der Waals surface area contributed by atoms with Gasteiger partial charge in [0.1, 0.15) is 0 Å². The Bertz CT molecular complexity index is 521. The van der Waals surface area contributed by atoms with E-state index < -0.39 is 5.97 Å². The molecule has 0 radical (unpaired) electrons. The van der Waals surface area contributed by atoms with Gasteiger partial charge in [0.05, 0.1) is 6.42 Å². The third kappa shape index (κ3) is 4.09. The molecule has 1 N–H and O–H groups in total. The van der Waals surface area contributed by atoms with Gasteiger partial charge < -0.3 is 10.0 Å². The zero-order valence-electron chi connectivity index (χ0n) is 13.3. The van der Waals surface area contributed by atoms with E-state index in [0.29, 0.717) is 0 Å². The van der Waals surface area contributed by atoms with Gasteiger partial charge in [-0.1, -0.05) is 44.4 Å². The molecule has 1 aromatic carbocycles. The van der Waals surface area contributed by atoms with Crippen molar-refractivity contribution in [1.82, 2.24) is 0 Å². The van der Waals surface area contributed by atoms with E-state index in [9.17, 15) is 9.59 Å². The number of carboxylic acid groups (broad SMARTS) is 1. The topological polar surface area (TPSA) is 57.6 Å². The molecule has 2 rings (SSSR count). The van der Waals surface area contributed by atoms with Gasteiger partial charge in [-0.15, -0.1) is 0 Å². The van der Waals surface area contributed by atoms with Crippen molar-refractivity contribution < 1.29 is 14.7 Å². The minimum atomic E-state index is -0.865. The third-order valence-electron chi connectivity index (χ3n) is 4.43. The summed E-state index contributed by atoms with van der Waals surface area (Å²) >= 11 is 0. The molecule has 4 nitrogen and oxygen atoms in total. The Morgan fingerprint density at radius 2 is 1.86 bits per heavy atom. The van der Waals surface area contributed by atoms with Crippen LogP contribution in [0.25, 0.3) is 0 Å². The lowest BCUT2D eigenvalue weighted by molar-refractivity contribution is -0.136. The van der Waals surface area contributed by atoms with E-state index in [4.69, 9.17) is 5.11 Å². The first-order valence-electron chi connectivity index (χ1n) is 8.24. The molecule has 0 atom stereocenters. The largest absolute Gasteiger partial charge is 0.481 e. The van der Waals surface area contributed by atoms with Gasteiger partial charge in [0.2, 0.25) is 5.91 Å². The molecule has 22 heavy (non-hydrogen) atoms. The third-order valence-corrected chi connectivity index (χ3v) is 4.43. The molecule has 0 unspecified atom stereocenters. The molecule has 1 fully saturated rings. The summed E-state index contributed by atoms with van der Waals surface area (Å²) < 4.78 is 0. The van der Waals surface area contributed by atoms with Crippen LogP contribution in [-0.4, -0.2) is 23.5 Å². The van der Waals surface area contributed by atoms with Gasteiger partial charge in [0.25, 0.3) is 0 Å². The second-order valence-electron chi connectivity index (χ2n) is 5.95. The Morgan fingerprint density at radius 3 is 2.50 bits per heavy atom. The van der Waals surface area contributed by atoms with Crippen LogP contribution < -0.4 is 4.90 Å². The van der Waals surface area contributed by atoms with Gasteiger partial charge in [-0.2, -0.15) is 0 Å². The first kappa shape index (κ1) is 16.5. The van der Waals surface area contributed by atoms with Crippen LogP contribution in [0.15, 0.2) is 24.3 Å². The molecular formula is C18H25NO3. The van der Waals surface area contributed by atoms with Crippen molar-refractivity contribution in [2.45, 2.75) is 51.9 Å². The predicted octanol–water partition coefficient (Wildman–Crippen LogP) is 3.64. The summed E-state index contributed by atoms with van der Waals surface area (Å²) in [5.41, 5.74) is 1.97. The summed E-state index contributed by atoms with van der Waals surface area (Å²) in [5, 5.41) is 8.99. The van der Waals surface area contributed by atoms with Gasteiger partial charge in [0, 0.05) is 18.2 Å². The second-order valence-corrected chi connectivity index (χ2v) is 5.95. The highest BCUT2D eigenvalue weighted by molar-refractivity contribution is 5.96. The maximum atomic E-state index is 12.9. The Labute approximate surface area is 132 Å². The van der Waals surface area contributed by atoms with Crippen LogP contribution in [0.3, 0.4) is 0 Å². The predicted molar refractivity (Wildman–Crippen MR) is 87.0 cm³/mol. The Kier molecular flexibility index (Phi) is 5.99. The summed E-state index contributed by atoms with van der Waals surface area (Å²) in [6, 6.07) is 7.82. The fraction of sp³-hybridized carbons (Fsp3) is 0.556. The smallest absolute Gasteiger partial charge is 0.305 e. The van der Waals surface area contributed by atoms with Crippen molar-refractivity contribution in [2.24, 2.45) is 5.92 Å². The van der Waals surface area contributed by atoms with E-state index in [1.807, 2.05) is 24.3 Å². The Hall–Kier alpha value is -1.84. The molecule has 0 saturated heterocycles. The number of hydrogen-bond donors (Lipinski definition) is 1. The molecule has 1 aliphatic rings. The quantitative estimate of drug-likeness (QED) is 0.873. The van der Waals surface area contributed by atoms with Crippen LogP contribution in [0.4, 0.5) is 5.69 Å². The highest BCUT2D eigenvalue weighted by Crippen LogP contribution is 2.29. The molecule has 0 bridgehead atoms. The van der Waals surface area contributed by atoms with Crippen molar-refractivity contribution in [3.05, 3.63) is 29.8 Å². The molecule has 0 heterocycles. The van der Waals surface area contributed by atoms with Crippen molar-refractivity contribution in [2.75, 3.05) is 11.4 Å². The SMILES string of the molecule is CCc1ccccc1N(CCC(=O)O)C(=O)C1CCCCC1. The maximum absolute atomic E-state index is 12.9. The summed E-state index contributed by atoms with van der Waals surface area (Å²) in [7, 11) is 0. The molecule has 1 aromatic rings. The number of aryl methyl sites for hydroxylation is 1. The molecule has 0 aromatic heterocycles. The number of benzene rings is 1. The molecule has 0 spiro atoms. The molecule has 0 aliphatic heterocycles. The van der Waals surface area contributed by atoms with Crippen molar-refractivity contribution in [1.29, 1.82) is 0 Å². The lowest BCUT2D eigenvalue weighted by Crippen LogP contribution is -2.39. The number of carbonyl (C=O) groups is 2. The van der Waals surface area contributed by atoms with E-state index in [1.54, 1.807) is 4.90 Å². The van der Waals surface area contributed by atoms with Gasteiger partial charge in [0.15, 0.2) is 0 Å². The molecule has 120 valence electrons. The summed E-state index contributed by atoms with van der Waals surface area (Å²) in [6.07, 6.45) is 6.06. The molecule has 1 aliphatic carbocycles. The summed E-state index contributed by atoms with van der Waals surface area (Å²) in [4.78, 5) is 25.6. The molecule has 1 amide bonds. The lowest BCUT2D eigenvalue weighted by Gasteiger charge is -2.30. The first-order chi connectivity index (χ1) is 10.6. The van der Waals surface area contributed by atoms with Crippen LogP contribution >= 0.6 is 0 Å². The van der Waals surface area contributed by atoms with Crippen LogP contribution in [0, 0.1) is 5.92 Å². The van der Waals surface area contributed by atoms with E-state index in [0.717, 1.165) is 43.4 Å². The van der Waals surface area contributed by atoms with E-state index in [-0.39, 0.29) is 24.8 Å². The monoisotopic (exact) mass is 303 g/mol. The standard InChI is InChI=1S/C18H25NO3/c1-2-14-8-6-7-11-16(14)19(13-12-17(20)21)18(22)15-9-4-3-5-10-15/h6-8,11,15H,2-5,9-10,12-13H2,1H3,(H,20,21). The average molecular weight is 303 g/mol. The maximum Gasteiger partial charge on any atom is 0.305 e. The van der Waals surface area contributed by atoms with Crippen molar-refractivity contribution in [3.63, 3.8) is 0 Å². The number of para-hydroxylation sites is 1. The van der Waals surface area contributed by atoms with Crippen molar-refractivity contribution >= 4 is 17.6 Å². The fourth-order valence-corrected chi connectivity index (χ4v) is 3.20. The normalized spacial score (nSPS) is 15.5. The van der Waals surface area contributed by atoms with Crippen LogP contribution in [0.2, 0.25) is 0 Å². The van der Waals surface area contributed by atoms with Gasteiger partial charge in [-0.05, 0) is 30.9 Å². The van der Waals surface area contributed by atoms with Crippen LogP contribution in [0.5, 0.6) is 0 Å². The minimum Gasteiger partial charge on any atom is -0.481 e. The van der Waals surface area contributed by atoms with Crippen LogP contribution in [0.1, 0.15) is 51.0 Å². The zero-order valence-corrected chi connectivity index (χ0v) is 13.3. The summed E-state index contributed by atoms with van der Waals surface area (Å²) in [5.74, 6) is -0.718. The number of anilines is 1. The number of carbonyl (C=O) groups excluding carboxylic acids is 1. The van der Waals surface area contributed by atoms with E-state index >= 15 is 0 Å². The zero-order chi connectivity index (χ0) is 15.9. The number of amides is 1. The van der Waals surface area contributed by atoms with Gasteiger partial charge >= 0.3 is 5.97 Å². The molecule has 1 saturated carbocycles. The van der Waals surface area contributed by atoms with Crippen LogP contribution in [-0.2, 0) is 16.0 Å². The highest BCUT2D eigenvalue weighted by Gasteiger charge is 2.28. The molecule has 4 heteroatoms. The number of nitrogens with zero attached hydrogens (tertiary/aromatic N) is 1. The molecular weight excluding hydrogens is 278 g/mol. The van der Waals surface area contributed by atoms with Crippen molar-refractivity contribution in [3.8, 4) is 0 Å². The van der Waals surface area contributed by atoms with E-state index in [1.165, 1.54) is 6.42 Å². The minimum absolute atomic E-state index is 0.0174. The second kappa shape index (κ2) is 7.97. The van der Waals surface area contributed by atoms with Gasteiger partial charge in [-0.25, -0.2) is 0 Å². The lowest BCUT2D eigenvalue weighted by atomic mass is 9.88. The Morgan fingerprint density at radius 1 is 1.18 bits per heavy atom. The number of hydrogen-bond acceptors (Lipinski definition) is 2. The van der Waals surface area contributed by atoms with E-state index in [2.05, 4.69) is 6.92 Å². The van der Waals surface area contributed by atoms with Gasteiger partial charge in [-0.3, -0.25) is 9.59 Å². The Balaban J connectivity index is 2.24. The summed E-state index contributed by atoms with van der Waals surface area (Å²) in [6.45, 7) is 2.31. The number of carboxylic acids is 1.